The molecule has 17 heavy (non-hydrogen) atoms. The molecule has 1 aromatic carbocycles. The van der Waals surface area contributed by atoms with Crippen molar-refractivity contribution in [2.75, 3.05) is 6.61 Å². The molecule has 1 aliphatic heterocycles. The molecule has 1 aromatic rings. The molecule has 3 nitrogen and oxygen atoms in total. The van der Waals surface area contributed by atoms with Crippen molar-refractivity contribution in [2.24, 2.45) is 4.99 Å². The van der Waals surface area contributed by atoms with Gasteiger partial charge >= 0.3 is 0 Å². The van der Waals surface area contributed by atoms with E-state index in [9.17, 15) is 0 Å². The van der Waals surface area contributed by atoms with E-state index in [4.69, 9.17) is 21.1 Å². The quantitative estimate of drug-likeness (QED) is 0.824. The van der Waals surface area contributed by atoms with E-state index in [0.717, 1.165) is 23.1 Å². The van der Waals surface area contributed by atoms with Crippen LogP contribution in [0, 0.1) is 0 Å². The van der Waals surface area contributed by atoms with Crippen LogP contribution in [0.2, 0.25) is 5.02 Å². The van der Waals surface area contributed by atoms with E-state index in [1.54, 1.807) is 0 Å². The Morgan fingerprint density at radius 1 is 1.47 bits per heavy atom. The van der Waals surface area contributed by atoms with Gasteiger partial charge in [0.25, 0.3) is 0 Å². The molecule has 0 amide bonds. The lowest BCUT2D eigenvalue weighted by molar-refractivity contribution is 0.189. The third kappa shape index (κ3) is 3.63. The third-order valence-electron chi connectivity index (χ3n) is 2.60. The van der Waals surface area contributed by atoms with Crippen molar-refractivity contribution in [1.82, 2.24) is 0 Å². The van der Waals surface area contributed by atoms with E-state index >= 15 is 0 Å². The van der Waals surface area contributed by atoms with Crippen molar-refractivity contribution in [3.63, 3.8) is 0 Å². The second-order valence-electron chi connectivity index (χ2n) is 4.23. The maximum atomic E-state index is 5.81. The zero-order chi connectivity index (χ0) is 12.3. The Hall–Kier alpha value is -1.22. The van der Waals surface area contributed by atoms with Gasteiger partial charge in [-0.25, -0.2) is 4.99 Å². The molecule has 0 spiro atoms. The molecule has 0 aromatic heterocycles. The van der Waals surface area contributed by atoms with E-state index in [2.05, 4.69) is 4.99 Å². The first kappa shape index (κ1) is 12.2. The molecule has 0 N–H and O–H groups in total. The number of halogens is 1. The van der Waals surface area contributed by atoms with E-state index in [1.807, 2.05) is 38.1 Å². The fourth-order valence-corrected chi connectivity index (χ4v) is 1.97. The number of aliphatic imine (C=N–C) groups is 1. The summed E-state index contributed by atoms with van der Waals surface area (Å²) in [5.41, 5.74) is 0. The van der Waals surface area contributed by atoms with Crippen LogP contribution in [0.5, 0.6) is 5.75 Å². The lowest BCUT2D eigenvalue weighted by Crippen LogP contribution is -2.20. The van der Waals surface area contributed by atoms with Gasteiger partial charge in [-0.15, -0.1) is 0 Å². The summed E-state index contributed by atoms with van der Waals surface area (Å²) in [7, 11) is 0. The van der Waals surface area contributed by atoms with Crippen molar-refractivity contribution >= 4 is 17.5 Å². The summed E-state index contributed by atoms with van der Waals surface area (Å²) in [6, 6.07) is 7.61. The zero-order valence-electron chi connectivity index (χ0n) is 10.0. The normalized spacial score (nSPS) is 20.6. The Labute approximate surface area is 106 Å². The highest BCUT2D eigenvalue weighted by molar-refractivity contribution is 6.30. The predicted octanol–water partition coefficient (Wildman–Crippen LogP) is 3.31. The number of nitrogens with zero attached hydrogens (tertiary/aromatic N) is 1. The summed E-state index contributed by atoms with van der Waals surface area (Å²) >= 11 is 5.81. The van der Waals surface area contributed by atoms with Gasteiger partial charge in [0.05, 0.1) is 12.1 Å². The fourth-order valence-electron chi connectivity index (χ4n) is 1.85. The lowest BCUT2D eigenvalue weighted by Gasteiger charge is -2.16. The van der Waals surface area contributed by atoms with Crippen molar-refractivity contribution in [3.8, 4) is 5.75 Å². The molecule has 1 aliphatic rings. The molecule has 92 valence electrons. The molecule has 0 saturated heterocycles. The van der Waals surface area contributed by atoms with Crippen LogP contribution in [0.4, 0.5) is 0 Å². The van der Waals surface area contributed by atoms with Crippen molar-refractivity contribution in [1.29, 1.82) is 0 Å². The molecule has 0 radical (unpaired) electrons. The Bertz CT molecular complexity index is 402. The van der Waals surface area contributed by atoms with Crippen LogP contribution in [0.15, 0.2) is 29.3 Å². The molecule has 4 heteroatoms. The first-order valence-corrected chi connectivity index (χ1v) is 6.10. The van der Waals surface area contributed by atoms with Crippen LogP contribution in [0.1, 0.15) is 20.3 Å². The fraction of sp³-hybridized carbons (Fsp3) is 0.462. The molecule has 2 atom stereocenters. The number of benzene rings is 1. The minimum Gasteiger partial charge on any atom is -0.491 e. The molecule has 0 fully saturated rings. The summed E-state index contributed by atoms with van der Waals surface area (Å²) in [6.07, 6.45) is 0.972. The Kier molecular flexibility index (Phi) is 3.89. The van der Waals surface area contributed by atoms with Crippen LogP contribution in [0.3, 0.4) is 0 Å². The zero-order valence-corrected chi connectivity index (χ0v) is 10.8. The van der Waals surface area contributed by atoms with E-state index < -0.39 is 0 Å². The van der Waals surface area contributed by atoms with Gasteiger partial charge in [-0.3, -0.25) is 0 Å². The highest BCUT2D eigenvalue weighted by atomic mass is 35.5. The summed E-state index contributed by atoms with van der Waals surface area (Å²) in [6.45, 7) is 4.59. The second kappa shape index (κ2) is 5.41. The van der Waals surface area contributed by atoms with Crippen LogP contribution < -0.4 is 4.74 Å². The number of hydrogen-bond donors (Lipinski definition) is 0. The first-order chi connectivity index (χ1) is 8.13. The maximum Gasteiger partial charge on any atom is 0.180 e. The smallest absolute Gasteiger partial charge is 0.180 e. The summed E-state index contributed by atoms with van der Waals surface area (Å²) in [5.74, 6) is 1.61. The van der Waals surface area contributed by atoms with Crippen molar-refractivity contribution in [3.05, 3.63) is 29.3 Å². The molecule has 2 unspecified atom stereocenters. The minimum absolute atomic E-state index is 0.111. The van der Waals surface area contributed by atoms with E-state index in [0.29, 0.717) is 6.61 Å². The first-order valence-electron chi connectivity index (χ1n) is 5.73. The summed E-state index contributed by atoms with van der Waals surface area (Å²) in [4.78, 5) is 4.38. The van der Waals surface area contributed by atoms with Crippen molar-refractivity contribution in [2.45, 2.75) is 32.4 Å². The van der Waals surface area contributed by atoms with Crippen molar-refractivity contribution < 1.29 is 9.47 Å². The summed E-state index contributed by atoms with van der Waals surface area (Å²) in [5, 5.41) is 0.717. The van der Waals surface area contributed by atoms with Gasteiger partial charge in [-0.2, -0.15) is 0 Å². The van der Waals surface area contributed by atoms with E-state index in [-0.39, 0.29) is 12.1 Å². The molecule has 2 rings (SSSR count). The average Bonchev–Trinajstić information content (AvgIpc) is 2.67. The van der Waals surface area contributed by atoms with E-state index in [1.165, 1.54) is 0 Å². The van der Waals surface area contributed by atoms with Gasteiger partial charge in [-0.1, -0.05) is 11.6 Å². The molecule has 0 bridgehead atoms. The monoisotopic (exact) mass is 253 g/mol. The van der Waals surface area contributed by atoms with Crippen LogP contribution >= 0.6 is 11.6 Å². The van der Waals surface area contributed by atoms with Gasteiger partial charge in [0.2, 0.25) is 0 Å². The topological polar surface area (TPSA) is 30.8 Å². The van der Waals surface area contributed by atoms with Gasteiger partial charge in [0.1, 0.15) is 12.4 Å². The minimum atomic E-state index is 0.111. The number of rotatable bonds is 4. The largest absolute Gasteiger partial charge is 0.491 e. The standard InChI is InChI=1S/C13H16ClNO2/c1-9(7-12-8-16-10(2)15-12)17-13-5-3-11(14)4-6-13/h3-6,9,12H,7-8H2,1-2H3. The molecular weight excluding hydrogens is 238 g/mol. The van der Waals surface area contributed by atoms with Crippen LogP contribution in [-0.4, -0.2) is 24.7 Å². The second-order valence-corrected chi connectivity index (χ2v) is 4.67. The SMILES string of the molecule is CC1=NC(CC(C)Oc2ccc(Cl)cc2)CO1. The van der Waals surface area contributed by atoms with Gasteiger partial charge in [-0.05, 0) is 31.2 Å². The maximum absolute atomic E-state index is 5.81. The number of hydrogen-bond acceptors (Lipinski definition) is 3. The molecular formula is C13H16ClNO2. The molecule has 1 heterocycles. The summed E-state index contributed by atoms with van der Waals surface area (Å²) < 4.78 is 11.1. The number of ether oxygens (including phenoxy) is 2. The third-order valence-corrected chi connectivity index (χ3v) is 2.86. The van der Waals surface area contributed by atoms with Gasteiger partial charge < -0.3 is 9.47 Å². The van der Waals surface area contributed by atoms with Crippen LogP contribution in [0.25, 0.3) is 0 Å². The Balaban J connectivity index is 1.85. The van der Waals surface area contributed by atoms with Gasteiger partial charge in [0, 0.05) is 18.4 Å². The molecule has 0 saturated carbocycles. The molecule has 0 aliphatic carbocycles. The highest BCUT2D eigenvalue weighted by Gasteiger charge is 2.19. The Morgan fingerprint density at radius 2 is 2.18 bits per heavy atom. The highest BCUT2D eigenvalue weighted by Crippen LogP contribution is 2.19. The van der Waals surface area contributed by atoms with Crippen LogP contribution in [-0.2, 0) is 4.74 Å². The van der Waals surface area contributed by atoms with Gasteiger partial charge in [0.15, 0.2) is 5.90 Å². The average molecular weight is 254 g/mol. The predicted molar refractivity (Wildman–Crippen MR) is 69.0 cm³/mol. The Morgan fingerprint density at radius 3 is 2.76 bits per heavy atom. The lowest BCUT2D eigenvalue weighted by atomic mass is 10.1.